The molecule has 4 rings (SSSR count). The van der Waals surface area contributed by atoms with Crippen LogP contribution in [0.25, 0.3) is 0 Å². The van der Waals surface area contributed by atoms with Crippen molar-refractivity contribution in [3.05, 3.63) is 52.3 Å². The number of rotatable bonds is 2. The molecule has 2 aliphatic rings. The smallest absolute Gasteiger partial charge is 0.274 e. The third kappa shape index (κ3) is 3.67. The number of amides is 1. The second-order valence-corrected chi connectivity index (χ2v) is 12.5. The van der Waals surface area contributed by atoms with Crippen LogP contribution in [-0.2, 0) is 15.4 Å². The van der Waals surface area contributed by atoms with Crippen molar-refractivity contribution in [1.82, 2.24) is 4.98 Å². The number of pyridine rings is 1. The maximum Gasteiger partial charge on any atom is 0.274 e. The van der Waals surface area contributed by atoms with Gasteiger partial charge in [0.1, 0.15) is 27.6 Å². The third-order valence-corrected chi connectivity index (χ3v) is 9.84. The summed E-state index contributed by atoms with van der Waals surface area (Å²) < 4.78 is 32.0. The van der Waals surface area contributed by atoms with Crippen LogP contribution in [0.3, 0.4) is 0 Å². The van der Waals surface area contributed by atoms with Gasteiger partial charge in [-0.05, 0) is 64.4 Å². The van der Waals surface area contributed by atoms with Crippen molar-refractivity contribution in [3.63, 3.8) is 0 Å². The predicted molar refractivity (Wildman–Crippen MR) is 129 cm³/mol. The number of anilines is 1. The van der Waals surface area contributed by atoms with Crippen LogP contribution < -0.4 is 15.8 Å². The van der Waals surface area contributed by atoms with Crippen LogP contribution in [-0.4, -0.2) is 41.2 Å². The van der Waals surface area contributed by atoms with Gasteiger partial charge in [0.25, 0.3) is 5.91 Å². The Balaban J connectivity index is 1.81. The Hall–Kier alpha value is -2.65. The minimum absolute atomic E-state index is 0.0529. The Labute approximate surface area is 198 Å². The highest BCUT2D eigenvalue weighted by Crippen LogP contribution is 2.49. The van der Waals surface area contributed by atoms with Crippen molar-refractivity contribution in [2.75, 3.05) is 5.32 Å². The number of carbonyl (C=O) groups excluding carboxylic acids is 1. The molecule has 0 aliphatic carbocycles. The molecule has 2 aromatic rings. The zero-order valence-electron chi connectivity index (χ0n) is 19.1. The normalized spacial score (nSPS) is 27.3. The topological polar surface area (TPSA) is 124 Å². The number of hydrogen-bond acceptors (Lipinski definition) is 7. The van der Waals surface area contributed by atoms with Gasteiger partial charge < -0.3 is 15.8 Å². The van der Waals surface area contributed by atoms with E-state index in [2.05, 4.69) is 10.3 Å². The second kappa shape index (κ2) is 7.70. The Bertz CT molecular complexity index is 1290. The van der Waals surface area contributed by atoms with Crippen LogP contribution in [0.5, 0.6) is 5.75 Å². The minimum atomic E-state index is -3.70. The Morgan fingerprint density at radius 3 is 2.64 bits per heavy atom. The molecule has 10 heteroatoms. The predicted octanol–water partition coefficient (Wildman–Crippen LogP) is 3.61. The molecule has 0 saturated carbocycles. The standard InChI is InChI=1S/C23H27ClN4O4S/c1-12-8-14(24)11-26-19(12)20(29)27-15-6-7-17-16(10-15)23(5)18(9-13(2)32-17)33(30,31)22(3,4)21(25)28-23/h6-8,10-11,13,18H,9H2,1-5H3,(H2,25,28)(H,27,29)/t13-,18+,23+/m0/s1. The summed E-state index contributed by atoms with van der Waals surface area (Å²) in [6.07, 6.45) is 1.33. The van der Waals surface area contributed by atoms with Gasteiger partial charge in [-0.3, -0.25) is 9.79 Å². The molecule has 3 N–H and O–H groups in total. The van der Waals surface area contributed by atoms with Crippen LogP contribution in [0.15, 0.2) is 35.5 Å². The van der Waals surface area contributed by atoms with Gasteiger partial charge in [-0.15, -0.1) is 0 Å². The lowest BCUT2D eigenvalue weighted by atomic mass is 9.85. The average Bonchev–Trinajstić information content (AvgIpc) is 2.81. The summed E-state index contributed by atoms with van der Waals surface area (Å²) >= 11 is 5.94. The highest BCUT2D eigenvalue weighted by Gasteiger charge is 2.58. The number of nitrogens with one attached hydrogen (secondary N) is 1. The molecule has 8 nitrogen and oxygen atoms in total. The van der Waals surface area contributed by atoms with Crippen molar-refractivity contribution in [3.8, 4) is 5.75 Å². The van der Waals surface area contributed by atoms with Crippen LogP contribution in [0, 0.1) is 6.92 Å². The molecule has 176 valence electrons. The number of aliphatic imine (C=N–C) groups is 1. The number of benzene rings is 1. The Morgan fingerprint density at radius 1 is 1.27 bits per heavy atom. The molecule has 2 aliphatic heterocycles. The first-order valence-corrected chi connectivity index (χ1v) is 12.5. The van der Waals surface area contributed by atoms with E-state index >= 15 is 0 Å². The molecule has 3 atom stereocenters. The minimum Gasteiger partial charge on any atom is -0.490 e. The maximum atomic E-state index is 13.6. The Morgan fingerprint density at radius 2 is 1.97 bits per heavy atom. The number of hydrogen-bond donors (Lipinski definition) is 2. The van der Waals surface area contributed by atoms with E-state index < -0.39 is 31.3 Å². The molecule has 1 aromatic heterocycles. The van der Waals surface area contributed by atoms with E-state index in [1.807, 2.05) is 6.92 Å². The molecule has 1 amide bonds. The van der Waals surface area contributed by atoms with Gasteiger partial charge in [-0.1, -0.05) is 11.6 Å². The fourth-order valence-electron chi connectivity index (χ4n) is 4.49. The SMILES string of the molecule is Cc1cc(Cl)cnc1C(=O)Nc1ccc2c(c1)[C@@]1(C)N=C(N)C(C)(C)S(=O)(=O)[C@@H]1C[C@H](C)O2. The second-order valence-electron chi connectivity index (χ2n) is 9.34. The molecular formula is C23H27ClN4O4S. The van der Waals surface area contributed by atoms with E-state index in [1.165, 1.54) is 6.20 Å². The number of aromatic nitrogens is 1. The summed E-state index contributed by atoms with van der Waals surface area (Å²) in [5.41, 5.74) is 6.91. The van der Waals surface area contributed by atoms with E-state index in [0.717, 1.165) is 0 Å². The van der Waals surface area contributed by atoms with Gasteiger partial charge in [0.15, 0.2) is 9.84 Å². The van der Waals surface area contributed by atoms with Gasteiger partial charge in [0.05, 0.1) is 16.4 Å². The molecule has 0 unspecified atom stereocenters. The van der Waals surface area contributed by atoms with E-state index in [9.17, 15) is 13.2 Å². The fraction of sp³-hybridized carbons (Fsp3) is 0.435. The molecule has 0 fully saturated rings. The molecule has 0 saturated heterocycles. The van der Waals surface area contributed by atoms with Gasteiger partial charge in [-0.2, -0.15) is 0 Å². The lowest BCUT2D eigenvalue weighted by Crippen LogP contribution is -2.60. The first kappa shape index (κ1) is 23.5. The summed E-state index contributed by atoms with van der Waals surface area (Å²) in [5, 5.41) is 2.43. The molecule has 1 aromatic carbocycles. The van der Waals surface area contributed by atoms with E-state index in [1.54, 1.807) is 52.0 Å². The number of ether oxygens (including phenoxy) is 1. The van der Waals surface area contributed by atoms with E-state index in [0.29, 0.717) is 27.6 Å². The van der Waals surface area contributed by atoms with Crippen LogP contribution in [0.2, 0.25) is 5.02 Å². The number of sulfone groups is 1. The van der Waals surface area contributed by atoms with Crippen molar-refractivity contribution >= 4 is 38.9 Å². The van der Waals surface area contributed by atoms with Crippen molar-refractivity contribution in [2.24, 2.45) is 10.7 Å². The zero-order valence-corrected chi connectivity index (χ0v) is 20.7. The number of aryl methyl sites for hydroxylation is 1. The average molecular weight is 491 g/mol. The van der Waals surface area contributed by atoms with Crippen molar-refractivity contribution in [2.45, 2.75) is 62.7 Å². The summed E-state index contributed by atoms with van der Waals surface area (Å²) in [4.78, 5) is 21.7. The van der Waals surface area contributed by atoms with E-state index in [4.69, 9.17) is 27.1 Å². The summed E-state index contributed by atoms with van der Waals surface area (Å²) in [6, 6.07) is 6.78. The first-order chi connectivity index (χ1) is 15.3. The zero-order chi connectivity index (χ0) is 24.3. The number of nitrogens with two attached hydrogens (primary N) is 1. The summed E-state index contributed by atoms with van der Waals surface area (Å²) in [7, 11) is -3.70. The third-order valence-electron chi connectivity index (χ3n) is 6.60. The number of amidine groups is 1. The van der Waals surface area contributed by atoms with Crippen LogP contribution >= 0.6 is 11.6 Å². The maximum absolute atomic E-state index is 13.6. The van der Waals surface area contributed by atoms with Gasteiger partial charge >= 0.3 is 0 Å². The molecule has 0 bridgehead atoms. The highest BCUT2D eigenvalue weighted by molar-refractivity contribution is 7.94. The molecule has 0 spiro atoms. The number of carbonyl (C=O) groups is 1. The number of halogens is 1. The first-order valence-electron chi connectivity index (χ1n) is 10.6. The van der Waals surface area contributed by atoms with Gasteiger partial charge in [0.2, 0.25) is 0 Å². The van der Waals surface area contributed by atoms with Crippen LogP contribution in [0.1, 0.15) is 55.7 Å². The van der Waals surface area contributed by atoms with Crippen LogP contribution in [0.4, 0.5) is 5.69 Å². The van der Waals surface area contributed by atoms with Gasteiger partial charge in [-0.25, -0.2) is 13.4 Å². The molecule has 0 radical (unpaired) electrons. The quantitative estimate of drug-likeness (QED) is 0.662. The largest absolute Gasteiger partial charge is 0.490 e. The Kier molecular flexibility index (Phi) is 5.48. The highest BCUT2D eigenvalue weighted by atomic mass is 35.5. The van der Waals surface area contributed by atoms with Crippen molar-refractivity contribution < 1.29 is 17.9 Å². The number of nitrogens with zero attached hydrogens (tertiary/aromatic N) is 2. The van der Waals surface area contributed by atoms with E-state index in [-0.39, 0.29) is 24.1 Å². The van der Waals surface area contributed by atoms with Crippen molar-refractivity contribution in [1.29, 1.82) is 0 Å². The lowest BCUT2D eigenvalue weighted by Gasteiger charge is -2.43. The molecular weight excluding hydrogens is 464 g/mol. The monoisotopic (exact) mass is 490 g/mol. The lowest BCUT2D eigenvalue weighted by molar-refractivity contribution is 0.102. The van der Waals surface area contributed by atoms with Gasteiger partial charge in [0, 0.05) is 23.9 Å². The summed E-state index contributed by atoms with van der Waals surface area (Å²) in [6.45, 7) is 8.50. The fourth-order valence-corrected chi connectivity index (χ4v) is 7.06. The summed E-state index contributed by atoms with van der Waals surface area (Å²) in [5.74, 6) is 0.157. The molecule has 3 heterocycles. The number of fused-ring (bicyclic) bond motifs is 3. The molecule has 33 heavy (non-hydrogen) atoms.